The number of carbonyl (C=O) groups excluding carboxylic acids is 6. The number of nitrogens with zero attached hydrogens (tertiary/aromatic N) is 2. The maximum absolute atomic E-state index is 12.7. The van der Waals surface area contributed by atoms with Crippen LogP contribution in [0.15, 0.2) is 23.3 Å². The fraction of sp³-hybridized carbons (Fsp3) is 0.909. The number of hydrogen-bond acceptors (Lipinski definition) is 14. The molecule has 0 bridgehead atoms. The van der Waals surface area contributed by atoms with E-state index in [9.17, 15) is 28.8 Å². The molecule has 0 amide bonds. The zero-order valence-electron chi connectivity index (χ0n) is 86.6. The van der Waals surface area contributed by atoms with Crippen molar-refractivity contribution in [3.8, 4) is 0 Å². The second kappa shape index (κ2) is 82.4. The maximum Gasteiger partial charge on any atom is 0.306 e. The van der Waals surface area contributed by atoms with Gasteiger partial charge in [-0.3, -0.25) is 28.8 Å². The first kappa shape index (κ1) is 122. The molecule has 0 aromatic carbocycles. The number of rotatable bonds is 84. The first-order chi connectivity index (χ1) is 58.9. The molecule has 0 N–H and O–H groups in total. The Morgan fingerprint density at radius 2 is 0.403 bits per heavy atom. The predicted molar refractivity (Wildman–Crippen MR) is 529 cm³/mol. The van der Waals surface area contributed by atoms with E-state index in [1.807, 2.05) is 40.3 Å². The summed E-state index contributed by atoms with van der Waals surface area (Å²) >= 11 is 0. The highest BCUT2D eigenvalue weighted by molar-refractivity contribution is 5.71. The zero-order chi connectivity index (χ0) is 93.1. The van der Waals surface area contributed by atoms with Gasteiger partial charge in [0.25, 0.3) is 0 Å². The average molecular weight is 1750 g/mol. The van der Waals surface area contributed by atoms with E-state index >= 15 is 0 Å². The lowest BCUT2D eigenvalue weighted by atomic mass is 9.91. The fourth-order valence-electron chi connectivity index (χ4n) is 17.1. The van der Waals surface area contributed by atoms with Crippen molar-refractivity contribution in [2.45, 2.75) is 497 Å². The quantitative estimate of drug-likeness (QED) is 0.0321. The van der Waals surface area contributed by atoms with Crippen LogP contribution in [0.25, 0.3) is 0 Å². The van der Waals surface area contributed by atoms with E-state index in [1.54, 1.807) is 0 Å². The lowest BCUT2D eigenvalue weighted by molar-refractivity contribution is -0.152. The molecular weight excluding hydrogens is 1540 g/mol. The van der Waals surface area contributed by atoms with Gasteiger partial charge in [-0.15, -0.1) is 0 Å². The molecule has 0 rings (SSSR count). The van der Waals surface area contributed by atoms with Crippen LogP contribution in [0.4, 0.5) is 0 Å². The summed E-state index contributed by atoms with van der Waals surface area (Å²) in [6, 6.07) is 0. The van der Waals surface area contributed by atoms with Crippen molar-refractivity contribution in [2.24, 2.45) is 82.9 Å². The Bertz CT molecular complexity index is 2430. The summed E-state index contributed by atoms with van der Waals surface area (Å²) in [5, 5.41) is 0. The van der Waals surface area contributed by atoms with Crippen molar-refractivity contribution >= 4 is 35.8 Å². The summed E-state index contributed by atoms with van der Waals surface area (Å²) in [4.78, 5) is 79.9. The fourth-order valence-corrected chi connectivity index (χ4v) is 17.1. The average Bonchev–Trinajstić information content (AvgIpc) is 0.945. The van der Waals surface area contributed by atoms with Gasteiger partial charge in [0.2, 0.25) is 0 Å². The summed E-state index contributed by atoms with van der Waals surface area (Å²) < 4.78 is 34.0. The van der Waals surface area contributed by atoms with Gasteiger partial charge in [0, 0.05) is 38.5 Å². The van der Waals surface area contributed by atoms with Crippen LogP contribution in [-0.2, 0) is 57.2 Å². The van der Waals surface area contributed by atoms with E-state index in [-0.39, 0.29) is 60.9 Å². The van der Waals surface area contributed by atoms with Crippen LogP contribution in [0, 0.1) is 82.9 Å². The number of carbonyl (C=O) groups is 6. The minimum Gasteiger partial charge on any atom is -0.466 e. The minimum atomic E-state index is -0.340. The summed E-state index contributed by atoms with van der Waals surface area (Å²) in [6.07, 6.45) is 60.0. The highest BCUT2D eigenvalue weighted by atomic mass is 16.6. The lowest BCUT2D eigenvalue weighted by Gasteiger charge is -2.18. The largest absolute Gasteiger partial charge is 0.466 e. The molecule has 0 spiro atoms. The van der Waals surface area contributed by atoms with Crippen molar-refractivity contribution in [1.82, 2.24) is 9.80 Å². The molecular formula is C110H210N2O12. The molecule has 732 valence electrons. The third-order valence-electron chi connectivity index (χ3n) is 26.1. The van der Waals surface area contributed by atoms with Gasteiger partial charge in [0.1, 0.15) is 25.4 Å². The molecule has 14 nitrogen and oxygen atoms in total. The molecule has 0 aromatic rings. The Labute approximate surface area is 769 Å². The van der Waals surface area contributed by atoms with E-state index in [1.165, 1.54) is 229 Å². The molecule has 0 saturated heterocycles. The van der Waals surface area contributed by atoms with Crippen molar-refractivity contribution in [3.63, 3.8) is 0 Å². The van der Waals surface area contributed by atoms with Gasteiger partial charge in [0.05, 0.1) is 13.2 Å². The molecule has 0 fully saturated rings. The minimum absolute atomic E-state index is 0.180. The monoisotopic (exact) mass is 1750 g/mol. The smallest absolute Gasteiger partial charge is 0.306 e. The highest BCUT2D eigenvalue weighted by Gasteiger charge is 2.22. The third-order valence-corrected chi connectivity index (χ3v) is 26.1. The molecule has 0 heterocycles. The lowest BCUT2D eigenvalue weighted by Crippen LogP contribution is -2.21. The molecule has 14 heteroatoms. The standard InChI is InChI=1S/C55H107NO6.C55H103NO6/c2*1-44(2)22-13-24-46(5)26-15-28-48(7)30-17-32-50(9)39-42-60-53(57)36-19-34-52(62-55(59)38-21-41-56(11)12)35-20-37-54(58)61-43-40-51(10)33-18-31-49(8)29-16-27-47(6)25-14-23-45(3)4/h44-52H,13-43H2,1-12H3;39-40,44-49,52H,13-38,41-43H2,1-12H3/b;50-39+,51-40+. The SMILES string of the molecule is C/C(=C\COC(=O)CCCC(CCCC(=O)OC/C=C(\C)CCCC(C)CCCC(C)CCCC(C)C)OC(=O)CCCN(C)C)CCCC(C)CCCC(C)CCCC(C)C.CC(C)CCCC(C)CCCC(C)CCCC(C)CCOC(=O)CCCC(CCCC(=O)OCCC(C)CCCC(C)CCCC(C)CCCC(C)C)OC(=O)CCCN(C)C. The summed E-state index contributed by atoms with van der Waals surface area (Å²) in [6.45, 7) is 49.8. The Hall–Kier alpha value is -3.78. The number of esters is 6. The second-order valence-corrected chi connectivity index (χ2v) is 42.8. The number of hydrogen-bond donors (Lipinski definition) is 0. The zero-order valence-corrected chi connectivity index (χ0v) is 86.6. The molecule has 10 unspecified atom stereocenters. The molecule has 0 aliphatic heterocycles. The normalized spacial score (nSPS) is 15.1. The van der Waals surface area contributed by atoms with E-state index in [4.69, 9.17) is 28.4 Å². The van der Waals surface area contributed by atoms with Crippen molar-refractivity contribution < 1.29 is 57.2 Å². The molecule has 0 saturated carbocycles. The Kier molecular flexibility index (Phi) is 81.2. The van der Waals surface area contributed by atoms with Gasteiger partial charge < -0.3 is 38.2 Å². The number of ether oxygens (including phenoxy) is 6. The molecule has 0 aliphatic carbocycles. The van der Waals surface area contributed by atoms with Gasteiger partial charge >= 0.3 is 35.8 Å². The van der Waals surface area contributed by atoms with Gasteiger partial charge in [0.15, 0.2) is 0 Å². The van der Waals surface area contributed by atoms with Crippen LogP contribution in [0.3, 0.4) is 0 Å². The van der Waals surface area contributed by atoms with Crippen molar-refractivity contribution in [2.75, 3.05) is 67.7 Å². The van der Waals surface area contributed by atoms with Gasteiger partial charge in [-0.2, -0.15) is 0 Å². The van der Waals surface area contributed by atoms with Crippen molar-refractivity contribution in [3.05, 3.63) is 23.3 Å². The summed E-state index contributed by atoms with van der Waals surface area (Å²) in [7, 11) is 7.96. The van der Waals surface area contributed by atoms with E-state index in [0.717, 1.165) is 123 Å². The van der Waals surface area contributed by atoms with E-state index in [2.05, 4.69) is 148 Å². The van der Waals surface area contributed by atoms with E-state index < -0.39 is 0 Å². The topological polar surface area (TPSA) is 164 Å². The van der Waals surface area contributed by atoms with Gasteiger partial charge in [-0.25, -0.2) is 0 Å². The number of allylic oxidation sites excluding steroid dienone is 2. The van der Waals surface area contributed by atoms with Crippen LogP contribution in [-0.4, -0.2) is 126 Å². The Morgan fingerprint density at radius 3 is 0.621 bits per heavy atom. The molecule has 0 aromatic heterocycles. The highest BCUT2D eigenvalue weighted by Crippen LogP contribution is 2.29. The van der Waals surface area contributed by atoms with Crippen LogP contribution < -0.4 is 0 Å². The van der Waals surface area contributed by atoms with Crippen LogP contribution in [0.5, 0.6) is 0 Å². The van der Waals surface area contributed by atoms with Crippen LogP contribution in [0.2, 0.25) is 0 Å². The maximum atomic E-state index is 12.7. The molecule has 0 radical (unpaired) electrons. The van der Waals surface area contributed by atoms with E-state index in [0.29, 0.717) is 115 Å². The Morgan fingerprint density at radius 1 is 0.218 bits per heavy atom. The van der Waals surface area contributed by atoms with Crippen molar-refractivity contribution in [1.29, 1.82) is 0 Å². The molecule has 0 aliphatic rings. The van der Waals surface area contributed by atoms with Crippen LogP contribution in [0.1, 0.15) is 485 Å². The van der Waals surface area contributed by atoms with Gasteiger partial charge in [-0.05, 0) is 253 Å². The molecule has 124 heavy (non-hydrogen) atoms. The molecule has 10 atom stereocenters. The predicted octanol–water partition coefficient (Wildman–Crippen LogP) is 31.0. The second-order valence-electron chi connectivity index (χ2n) is 42.8. The summed E-state index contributed by atoms with van der Waals surface area (Å²) in [5.74, 6) is 9.54. The third kappa shape index (κ3) is 87.5. The summed E-state index contributed by atoms with van der Waals surface area (Å²) in [5.41, 5.74) is 2.54. The Balaban J connectivity index is 0. The first-order valence-electron chi connectivity index (χ1n) is 52.5. The first-order valence-corrected chi connectivity index (χ1v) is 52.5. The van der Waals surface area contributed by atoms with Gasteiger partial charge in [-0.1, -0.05) is 341 Å². The van der Waals surface area contributed by atoms with Crippen LogP contribution >= 0.6 is 0 Å².